The molecule has 4 heteroatoms. The number of nitrogens with zero attached hydrogens (tertiary/aromatic N) is 1. The molecule has 0 aliphatic carbocycles. The highest BCUT2D eigenvalue weighted by atomic mass is 16.5. The molecule has 1 aromatic rings. The van der Waals surface area contributed by atoms with Crippen molar-refractivity contribution in [2.24, 2.45) is 5.73 Å². The zero-order valence-corrected chi connectivity index (χ0v) is 10.9. The molecule has 0 radical (unpaired) electrons. The first-order valence-corrected chi connectivity index (χ1v) is 5.63. The Balaban J connectivity index is 3.03. The van der Waals surface area contributed by atoms with Crippen molar-refractivity contribution in [2.45, 2.75) is 19.8 Å². The Morgan fingerprint density at radius 1 is 1.47 bits per heavy atom. The fourth-order valence-corrected chi connectivity index (χ4v) is 1.69. The zero-order chi connectivity index (χ0) is 13.0. The van der Waals surface area contributed by atoms with E-state index in [4.69, 9.17) is 10.5 Å². The van der Waals surface area contributed by atoms with Crippen LogP contribution >= 0.6 is 0 Å². The minimum absolute atomic E-state index is 0.178. The fraction of sp³-hybridized carbons (Fsp3) is 0.462. The van der Waals surface area contributed by atoms with E-state index in [0.29, 0.717) is 5.92 Å². The van der Waals surface area contributed by atoms with Crippen LogP contribution in [0.15, 0.2) is 18.2 Å². The van der Waals surface area contributed by atoms with Crippen LogP contribution < -0.4 is 15.4 Å². The van der Waals surface area contributed by atoms with E-state index >= 15 is 0 Å². The van der Waals surface area contributed by atoms with Crippen LogP contribution in [0, 0.1) is 0 Å². The maximum atomic E-state index is 10.9. The second kappa shape index (κ2) is 5.57. The highest BCUT2D eigenvalue weighted by molar-refractivity contribution is 5.80. The van der Waals surface area contributed by atoms with E-state index < -0.39 is 0 Å². The van der Waals surface area contributed by atoms with E-state index in [0.717, 1.165) is 11.4 Å². The Hall–Kier alpha value is -1.71. The van der Waals surface area contributed by atoms with E-state index in [9.17, 15) is 4.79 Å². The maximum Gasteiger partial charge on any atom is 0.236 e. The van der Waals surface area contributed by atoms with E-state index in [2.05, 4.69) is 13.8 Å². The summed E-state index contributed by atoms with van der Waals surface area (Å²) in [4.78, 5) is 12.7. The molecule has 94 valence electrons. The summed E-state index contributed by atoms with van der Waals surface area (Å²) in [6, 6.07) is 5.99. The molecule has 0 saturated heterocycles. The number of likely N-dealkylation sites (N-methyl/N-ethyl adjacent to an activating group) is 1. The molecular weight excluding hydrogens is 216 g/mol. The lowest BCUT2D eigenvalue weighted by atomic mass is 10.0. The van der Waals surface area contributed by atoms with Crippen LogP contribution in [0.1, 0.15) is 25.3 Å². The predicted octanol–water partition coefficient (Wildman–Crippen LogP) is 1.74. The quantitative estimate of drug-likeness (QED) is 0.847. The van der Waals surface area contributed by atoms with Crippen molar-refractivity contribution in [3.63, 3.8) is 0 Å². The summed E-state index contributed by atoms with van der Waals surface area (Å²) in [6.07, 6.45) is 0. The van der Waals surface area contributed by atoms with Crippen molar-refractivity contribution >= 4 is 11.6 Å². The summed E-state index contributed by atoms with van der Waals surface area (Å²) in [6.45, 7) is 4.43. The van der Waals surface area contributed by atoms with E-state index in [-0.39, 0.29) is 12.5 Å². The number of hydrogen-bond donors (Lipinski definition) is 1. The van der Waals surface area contributed by atoms with Crippen LogP contribution in [-0.2, 0) is 4.79 Å². The molecule has 0 unspecified atom stereocenters. The van der Waals surface area contributed by atoms with Gasteiger partial charge in [-0.15, -0.1) is 0 Å². The monoisotopic (exact) mass is 236 g/mol. The van der Waals surface area contributed by atoms with Crippen molar-refractivity contribution in [1.82, 2.24) is 0 Å². The van der Waals surface area contributed by atoms with Gasteiger partial charge in [0.1, 0.15) is 5.75 Å². The van der Waals surface area contributed by atoms with Crippen molar-refractivity contribution in [3.8, 4) is 5.75 Å². The number of amides is 1. The van der Waals surface area contributed by atoms with Gasteiger partial charge in [-0.2, -0.15) is 0 Å². The third kappa shape index (κ3) is 3.37. The normalized spacial score (nSPS) is 10.4. The van der Waals surface area contributed by atoms with Gasteiger partial charge in [-0.3, -0.25) is 4.79 Å². The van der Waals surface area contributed by atoms with Gasteiger partial charge in [0, 0.05) is 7.05 Å². The van der Waals surface area contributed by atoms with Gasteiger partial charge >= 0.3 is 0 Å². The van der Waals surface area contributed by atoms with E-state index in [1.54, 1.807) is 12.0 Å². The lowest BCUT2D eigenvalue weighted by Gasteiger charge is -2.21. The number of ether oxygens (including phenoxy) is 1. The molecule has 0 spiro atoms. The molecule has 0 fully saturated rings. The second-order valence-electron chi connectivity index (χ2n) is 4.41. The molecule has 0 heterocycles. The van der Waals surface area contributed by atoms with Gasteiger partial charge in [0.05, 0.1) is 19.3 Å². The second-order valence-corrected chi connectivity index (χ2v) is 4.41. The van der Waals surface area contributed by atoms with Gasteiger partial charge in [-0.1, -0.05) is 19.9 Å². The van der Waals surface area contributed by atoms with Gasteiger partial charge in [-0.25, -0.2) is 0 Å². The summed E-state index contributed by atoms with van der Waals surface area (Å²) in [7, 11) is 3.44. The smallest absolute Gasteiger partial charge is 0.236 e. The Morgan fingerprint density at radius 3 is 2.59 bits per heavy atom. The molecule has 0 aliphatic heterocycles. The van der Waals surface area contributed by atoms with Crippen LogP contribution in [0.4, 0.5) is 5.69 Å². The number of benzene rings is 1. The third-order valence-electron chi connectivity index (χ3n) is 2.67. The fourth-order valence-electron chi connectivity index (χ4n) is 1.69. The van der Waals surface area contributed by atoms with Crippen molar-refractivity contribution in [2.75, 3.05) is 25.6 Å². The summed E-state index contributed by atoms with van der Waals surface area (Å²) in [5.41, 5.74) is 7.26. The van der Waals surface area contributed by atoms with Crippen molar-refractivity contribution < 1.29 is 9.53 Å². The molecule has 0 aromatic heterocycles. The molecule has 0 saturated carbocycles. The number of anilines is 1. The summed E-state index contributed by atoms with van der Waals surface area (Å²) >= 11 is 0. The summed E-state index contributed by atoms with van der Waals surface area (Å²) in [5.74, 6) is 0.849. The molecule has 1 aromatic carbocycles. The lowest BCUT2D eigenvalue weighted by molar-refractivity contribution is -0.116. The SMILES string of the molecule is COc1cc(C(C)C)ccc1N(C)CC(N)=O. The first-order valence-electron chi connectivity index (χ1n) is 5.63. The highest BCUT2D eigenvalue weighted by Crippen LogP contribution is 2.30. The number of carbonyl (C=O) groups excluding carboxylic acids is 1. The number of methoxy groups -OCH3 is 1. The van der Waals surface area contributed by atoms with Gasteiger partial charge in [0.25, 0.3) is 0 Å². The van der Waals surface area contributed by atoms with Crippen LogP contribution in [0.5, 0.6) is 5.75 Å². The predicted molar refractivity (Wildman–Crippen MR) is 69.5 cm³/mol. The number of primary amides is 1. The molecule has 17 heavy (non-hydrogen) atoms. The average molecular weight is 236 g/mol. The first kappa shape index (κ1) is 13.4. The molecule has 0 bridgehead atoms. The van der Waals surface area contributed by atoms with Gasteiger partial charge in [0.2, 0.25) is 5.91 Å². The number of nitrogens with two attached hydrogens (primary N) is 1. The molecule has 4 nitrogen and oxygen atoms in total. The van der Waals surface area contributed by atoms with Crippen LogP contribution in [-0.4, -0.2) is 26.6 Å². The Morgan fingerprint density at radius 2 is 2.12 bits per heavy atom. The Kier molecular flexibility index (Phi) is 4.37. The molecule has 1 amide bonds. The van der Waals surface area contributed by atoms with E-state index in [1.807, 2.05) is 25.2 Å². The molecular formula is C13H20N2O2. The molecule has 0 aliphatic rings. The number of hydrogen-bond acceptors (Lipinski definition) is 3. The largest absolute Gasteiger partial charge is 0.495 e. The van der Waals surface area contributed by atoms with Gasteiger partial charge in [0.15, 0.2) is 0 Å². The maximum absolute atomic E-state index is 10.9. The number of rotatable bonds is 5. The van der Waals surface area contributed by atoms with Crippen LogP contribution in [0.25, 0.3) is 0 Å². The average Bonchev–Trinajstić information content (AvgIpc) is 2.27. The standard InChI is InChI=1S/C13H20N2O2/c1-9(2)10-5-6-11(12(7-10)17-4)15(3)8-13(14)16/h5-7,9H,8H2,1-4H3,(H2,14,16). The molecule has 2 N–H and O–H groups in total. The number of carbonyl (C=O) groups is 1. The van der Waals surface area contributed by atoms with Crippen molar-refractivity contribution in [1.29, 1.82) is 0 Å². The summed E-state index contributed by atoms with van der Waals surface area (Å²) in [5, 5.41) is 0. The third-order valence-corrected chi connectivity index (χ3v) is 2.67. The topological polar surface area (TPSA) is 55.6 Å². The van der Waals surface area contributed by atoms with Crippen molar-refractivity contribution in [3.05, 3.63) is 23.8 Å². The summed E-state index contributed by atoms with van der Waals surface area (Å²) < 4.78 is 5.35. The van der Waals surface area contributed by atoms with Gasteiger partial charge in [-0.05, 0) is 23.6 Å². The Labute approximate surface area is 102 Å². The molecule has 1 rings (SSSR count). The Bertz CT molecular complexity index is 402. The minimum atomic E-state index is -0.359. The molecule has 0 atom stereocenters. The lowest BCUT2D eigenvalue weighted by Crippen LogP contribution is -2.30. The van der Waals surface area contributed by atoms with E-state index in [1.165, 1.54) is 5.56 Å². The zero-order valence-electron chi connectivity index (χ0n) is 10.9. The highest BCUT2D eigenvalue weighted by Gasteiger charge is 2.11. The van der Waals surface area contributed by atoms with Gasteiger partial charge < -0.3 is 15.4 Å². The minimum Gasteiger partial charge on any atom is -0.495 e. The first-order chi connectivity index (χ1) is 7.95. The van der Waals surface area contributed by atoms with Crippen LogP contribution in [0.3, 0.4) is 0 Å². The van der Waals surface area contributed by atoms with Crippen LogP contribution in [0.2, 0.25) is 0 Å².